The van der Waals surface area contributed by atoms with E-state index in [9.17, 15) is 18.3 Å². The molecule has 3 aromatic rings. The molecule has 1 aliphatic rings. The Morgan fingerprint density at radius 2 is 1.78 bits per heavy atom. The van der Waals surface area contributed by atoms with Crippen molar-refractivity contribution in [3.63, 3.8) is 0 Å². The molecule has 0 unspecified atom stereocenters. The highest BCUT2D eigenvalue weighted by atomic mass is 35.5. The summed E-state index contributed by atoms with van der Waals surface area (Å²) in [5.74, 6) is -0.540. The summed E-state index contributed by atoms with van der Waals surface area (Å²) in [5, 5.41) is 14.6. The van der Waals surface area contributed by atoms with E-state index in [1.54, 1.807) is 43.5 Å². The number of rotatable bonds is 5. The van der Waals surface area contributed by atoms with Gasteiger partial charge in [0.05, 0.1) is 24.7 Å². The molecule has 0 amide bonds. The van der Waals surface area contributed by atoms with Crippen LogP contribution in [0.15, 0.2) is 48.5 Å². The number of hydrogen-bond donors (Lipinski definition) is 1. The lowest BCUT2D eigenvalue weighted by Gasteiger charge is -2.28. The normalized spacial score (nSPS) is 15.5. The van der Waals surface area contributed by atoms with Gasteiger partial charge in [0.15, 0.2) is 5.69 Å². The summed E-state index contributed by atoms with van der Waals surface area (Å²) in [4.78, 5) is 12.0. The Labute approximate surface area is 190 Å². The lowest BCUT2D eigenvalue weighted by molar-refractivity contribution is 0.0688. The zero-order chi connectivity index (χ0) is 23.0. The van der Waals surface area contributed by atoms with Crippen LogP contribution < -0.4 is 4.74 Å². The van der Waals surface area contributed by atoms with Gasteiger partial charge in [0.2, 0.25) is 10.0 Å². The first kappa shape index (κ1) is 22.1. The van der Waals surface area contributed by atoms with Crippen molar-refractivity contribution in [2.45, 2.75) is 6.54 Å². The van der Waals surface area contributed by atoms with Gasteiger partial charge in [-0.15, -0.1) is 0 Å². The van der Waals surface area contributed by atoms with Gasteiger partial charge < -0.3 is 9.84 Å². The highest BCUT2D eigenvalue weighted by Crippen LogP contribution is 2.35. The molecule has 8 nitrogen and oxygen atoms in total. The van der Waals surface area contributed by atoms with Crippen molar-refractivity contribution in [1.82, 2.24) is 14.1 Å². The highest BCUT2D eigenvalue weighted by Gasteiger charge is 2.34. The Morgan fingerprint density at radius 3 is 2.34 bits per heavy atom. The van der Waals surface area contributed by atoms with E-state index < -0.39 is 16.0 Å². The minimum atomic E-state index is -3.58. The van der Waals surface area contributed by atoms with Gasteiger partial charge in [-0.1, -0.05) is 23.7 Å². The number of hydrogen-bond acceptors (Lipinski definition) is 5. The highest BCUT2D eigenvalue weighted by molar-refractivity contribution is 7.88. The summed E-state index contributed by atoms with van der Waals surface area (Å²) in [6.07, 6.45) is 2.93. The minimum absolute atomic E-state index is 0.0796. The number of carbonyl (C=O) groups is 1. The van der Waals surface area contributed by atoms with Crippen LogP contribution in [0, 0.1) is 0 Å². The average Bonchev–Trinajstić information content (AvgIpc) is 3.14. The number of methoxy groups -OCH3 is 1. The number of sulfonamides is 1. The van der Waals surface area contributed by atoms with Crippen molar-refractivity contribution in [2.75, 3.05) is 19.9 Å². The van der Waals surface area contributed by atoms with Gasteiger partial charge in [0, 0.05) is 23.7 Å². The summed E-state index contributed by atoms with van der Waals surface area (Å²) >= 11 is 6.01. The molecular formula is C22H20ClN3O5S. The number of carboxylic acids is 1. The second-order valence-electron chi connectivity index (χ2n) is 7.34. The molecule has 1 aromatic heterocycles. The topological polar surface area (TPSA) is 102 Å². The van der Waals surface area contributed by atoms with Crippen LogP contribution in [0.25, 0.3) is 17.3 Å². The average molecular weight is 474 g/mol. The van der Waals surface area contributed by atoms with E-state index in [1.807, 2.05) is 18.2 Å². The zero-order valence-corrected chi connectivity index (χ0v) is 18.9. The van der Waals surface area contributed by atoms with Crippen molar-refractivity contribution in [3.8, 4) is 11.4 Å². The fourth-order valence-electron chi connectivity index (χ4n) is 3.62. The fourth-order valence-corrected chi connectivity index (χ4v) is 4.48. The molecule has 0 saturated carbocycles. The first-order chi connectivity index (χ1) is 15.2. The van der Waals surface area contributed by atoms with Crippen LogP contribution in [-0.4, -0.2) is 53.5 Å². The smallest absolute Gasteiger partial charge is 0.356 e. The zero-order valence-electron chi connectivity index (χ0n) is 17.3. The molecule has 0 saturated heterocycles. The van der Waals surface area contributed by atoms with Crippen LogP contribution in [-0.2, 0) is 16.6 Å². The summed E-state index contributed by atoms with van der Waals surface area (Å²) in [6, 6.07) is 14.1. The van der Waals surface area contributed by atoms with Gasteiger partial charge in [-0.2, -0.15) is 9.40 Å². The van der Waals surface area contributed by atoms with Crippen LogP contribution in [0.3, 0.4) is 0 Å². The number of fused-ring (bicyclic) bond motifs is 1. The molecule has 0 radical (unpaired) electrons. The minimum Gasteiger partial charge on any atom is -0.497 e. The van der Waals surface area contributed by atoms with Gasteiger partial charge in [-0.05, 0) is 53.6 Å². The van der Waals surface area contributed by atoms with Crippen molar-refractivity contribution in [2.24, 2.45) is 0 Å². The standard InChI is InChI=1S/C22H20ClN3O5S/c1-31-18-9-3-14(4-10-18)11-15-12-25(32(2,29)30)13-19-20(22(27)28)24-26(21(15)19)17-7-5-16(23)6-8-17/h3-11H,12-13H2,1-2H3,(H,27,28). The Hall–Kier alpha value is -3.14. The molecule has 0 fully saturated rings. The summed E-state index contributed by atoms with van der Waals surface area (Å²) in [6.45, 7) is -0.000449. The summed E-state index contributed by atoms with van der Waals surface area (Å²) in [5.41, 5.74) is 2.75. The number of nitrogens with zero attached hydrogens (tertiary/aromatic N) is 3. The molecule has 2 aromatic carbocycles. The van der Waals surface area contributed by atoms with Crippen LogP contribution in [0.1, 0.15) is 27.3 Å². The van der Waals surface area contributed by atoms with E-state index in [2.05, 4.69) is 5.10 Å². The molecule has 0 atom stereocenters. The van der Waals surface area contributed by atoms with E-state index in [0.29, 0.717) is 33.3 Å². The molecule has 0 bridgehead atoms. The maximum Gasteiger partial charge on any atom is 0.356 e. The fraction of sp³-hybridized carbons (Fsp3) is 0.182. The van der Waals surface area contributed by atoms with Gasteiger partial charge in [0.1, 0.15) is 5.75 Å². The number of carboxylic acid groups (broad SMARTS) is 1. The van der Waals surface area contributed by atoms with Crippen LogP contribution in [0.4, 0.5) is 0 Å². The summed E-state index contributed by atoms with van der Waals surface area (Å²) < 4.78 is 32.7. The van der Waals surface area contributed by atoms with E-state index >= 15 is 0 Å². The van der Waals surface area contributed by atoms with Gasteiger partial charge >= 0.3 is 5.97 Å². The maximum atomic E-state index is 12.4. The number of ether oxygens (including phenoxy) is 1. The second-order valence-corrected chi connectivity index (χ2v) is 9.76. The third-order valence-corrected chi connectivity index (χ3v) is 6.62. The Bertz CT molecular complexity index is 1310. The van der Waals surface area contributed by atoms with Gasteiger partial charge in [-0.25, -0.2) is 17.9 Å². The second kappa shape index (κ2) is 8.42. The molecular weight excluding hydrogens is 454 g/mol. The van der Waals surface area contributed by atoms with Crippen molar-refractivity contribution in [1.29, 1.82) is 0 Å². The Balaban J connectivity index is 1.95. The van der Waals surface area contributed by atoms with Crippen LogP contribution >= 0.6 is 11.6 Å². The van der Waals surface area contributed by atoms with E-state index in [-0.39, 0.29) is 18.8 Å². The largest absolute Gasteiger partial charge is 0.497 e. The Kier molecular flexibility index (Phi) is 5.81. The molecule has 0 aliphatic carbocycles. The number of aromatic carboxylic acids is 1. The molecule has 166 valence electrons. The van der Waals surface area contributed by atoms with Crippen LogP contribution in [0.2, 0.25) is 5.02 Å². The van der Waals surface area contributed by atoms with E-state index in [1.165, 1.54) is 8.99 Å². The van der Waals surface area contributed by atoms with E-state index in [0.717, 1.165) is 11.8 Å². The summed E-state index contributed by atoms with van der Waals surface area (Å²) in [7, 11) is -2.01. The molecule has 10 heteroatoms. The quantitative estimate of drug-likeness (QED) is 0.608. The van der Waals surface area contributed by atoms with Crippen molar-refractivity contribution >= 4 is 39.2 Å². The van der Waals surface area contributed by atoms with Gasteiger partial charge in [0.25, 0.3) is 0 Å². The van der Waals surface area contributed by atoms with E-state index in [4.69, 9.17) is 16.3 Å². The molecule has 32 heavy (non-hydrogen) atoms. The van der Waals surface area contributed by atoms with Crippen LogP contribution in [0.5, 0.6) is 5.75 Å². The molecule has 0 spiro atoms. The maximum absolute atomic E-state index is 12.4. The molecule has 4 rings (SSSR count). The first-order valence-electron chi connectivity index (χ1n) is 9.58. The lowest BCUT2D eigenvalue weighted by Crippen LogP contribution is -2.35. The SMILES string of the molecule is COc1ccc(C=C2CN(S(C)(=O)=O)Cc3c(C(=O)O)nn(-c4ccc(Cl)cc4)c32)cc1. The van der Waals surface area contributed by atoms with Crippen molar-refractivity contribution < 1.29 is 23.1 Å². The monoisotopic (exact) mass is 473 g/mol. The Morgan fingerprint density at radius 1 is 1.12 bits per heavy atom. The van der Waals surface area contributed by atoms with Crippen molar-refractivity contribution in [3.05, 3.63) is 76.1 Å². The number of halogens is 1. The first-order valence-corrected chi connectivity index (χ1v) is 11.8. The lowest BCUT2D eigenvalue weighted by atomic mass is 9.99. The molecule has 1 N–H and O–H groups in total. The predicted molar refractivity (Wildman–Crippen MR) is 122 cm³/mol. The number of benzene rings is 2. The third kappa shape index (κ3) is 4.27. The molecule has 2 heterocycles. The third-order valence-electron chi connectivity index (χ3n) is 5.17. The predicted octanol–water partition coefficient (Wildman–Crippen LogP) is 3.55. The number of aromatic nitrogens is 2. The van der Waals surface area contributed by atoms with Gasteiger partial charge in [-0.3, -0.25) is 0 Å². The molecule has 1 aliphatic heterocycles.